The van der Waals surface area contributed by atoms with E-state index in [0.717, 1.165) is 39.1 Å². The van der Waals surface area contributed by atoms with Crippen LogP contribution >= 0.6 is 0 Å². The summed E-state index contributed by atoms with van der Waals surface area (Å²) in [6.45, 7) is 8.44. The molecule has 154 valence electrons. The predicted molar refractivity (Wildman–Crippen MR) is 101 cm³/mol. The lowest BCUT2D eigenvalue weighted by atomic mass is 9.92. The molecule has 2 aromatic heterocycles. The van der Waals surface area contributed by atoms with E-state index >= 15 is 0 Å². The smallest absolute Gasteiger partial charge is 0.239 e. The van der Waals surface area contributed by atoms with E-state index in [1.54, 1.807) is 0 Å². The first-order valence-electron chi connectivity index (χ1n) is 9.98. The summed E-state index contributed by atoms with van der Waals surface area (Å²) in [6, 6.07) is 0.337. The van der Waals surface area contributed by atoms with E-state index in [2.05, 4.69) is 49.4 Å². The lowest BCUT2D eigenvalue weighted by molar-refractivity contribution is -0.121. The highest BCUT2D eigenvalue weighted by molar-refractivity contribution is 5.76. The number of nitrogens with zero attached hydrogens (tertiary/aromatic N) is 5. The standard InChI is InChI=1S/C18H29N7O3/c1-3-13(4-2)14(25-7-9-27-10-8-25)11-19-15(26)5-6-16-22-18(24-28-16)17-20-12-21-23-17/h12-14H,3-11H2,1-2H3,(H,19,26)(H,20,21,23). The minimum absolute atomic E-state index is 0.0105. The molecule has 3 heterocycles. The highest BCUT2D eigenvalue weighted by atomic mass is 16.5. The zero-order valence-corrected chi connectivity index (χ0v) is 16.6. The van der Waals surface area contributed by atoms with Crippen LogP contribution in [0.25, 0.3) is 11.6 Å². The zero-order chi connectivity index (χ0) is 19.8. The maximum Gasteiger partial charge on any atom is 0.239 e. The number of hydrogen-bond acceptors (Lipinski definition) is 8. The van der Waals surface area contributed by atoms with Crippen molar-refractivity contribution >= 4 is 5.91 Å². The van der Waals surface area contributed by atoms with Crippen LogP contribution in [0, 0.1) is 5.92 Å². The quantitative estimate of drug-likeness (QED) is 0.616. The van der Waals surface area contributed by atoms with E-state index < -0.39 is 0 Å². The van der Waals surface area contributed by atoms with Gasteiger partial charge in [0.2, 0.25) is 17.6 Å². The molecule has 0 radical (unpaired) electrons. The molecule has 10 heteroatoms. The molecule has 1 atom stereocenters. The van der Waals surface area contributed by atoms with Crippen molar-refractivity contribution in [2.75, 3.05) is 32.8 Å². The number of aromatic nitrogens is 5. The van der Waals surface area contributed by atoms with E-state index in [1.165, 1.54) is 6.33 Å². The largest absolute Gasteiger partial charge is 0.379 e. The number of amides is 1. The van der Waals surface area contributed by atoms with Crippen LogP contribution in [0.2, 0.25) is 0 Å². The van der Waals surface area contributed by atoms with Crippen molar-refractivity contribution in [3.05, 3.63) is 12.2 Å². The van der Waals surface area contributed by atoms with Crippen molar-refractivity contribution in [2.24, 2.45) is 5.92 Å². The third-order valence-corrected chi connectivity index (χ3v) is 5.28. The van der Waals surface area contributed by atoms with Crippen LogP contribution in [0.4, 0.5) is 0 Å². The van der Waals surface area contributed by atoms with Gasteiger partial charge in [-0.3, -0.25) is 14.8 Å². The van der Waals surface area contributed by atoms with Crippen LogP contribution in [-0.2, 0) is 16.0 Å². The van der Waals surface area contributed by atoms with Gasteiger partial charge in [0, 0.05) is 38.5 Å². The van der Waals surface area contributed by atoms with Crippen LogP contribution < -0.4 is 5.32 Å². The molecule has 1 amide bonds. The van der Waals surface area contributed by atoms with Crippen molar-refractivity contribution in [1.29, 1.82) is 0 Å². The normalized spacial score (nSPS) is 16.4. The maximum atomic E-state index is 12.4. The number of morpholine rings is 1. The lowest BCUT2D eigenvalue weighted by Gasteiger charge is -2.38. The van der Waals surface area contributed by atoms with Gasteiger partial charge in [0.1, 0.15) is 6.33 Å². The molecule has 0 bridgehead atoms. The van der Waals surface area contributed by atoms with E-state index in [9.17, 15) is 4.79 Å². The number of carbonyl (C=O) groups is 1. The Hall–Kier alpha value is -2.33. The summed E-state index contributed by atoms with van der Waals surface area (Å²) >= 11 is 0. The fourth-order valence-corrected chi connectivity index (χ4v) is 3.63. The van der Waals surface area contributed by atoms with Gasteiger partial charge < -0.3 is 14.6 Å². The fourth-order valence-electron chi connectivity index (χ4n) is 3.63. The number of rotatable bonds is 10. The van der Waals surface area contributed by atoms with Gasteiger partial charge in [-0.25, -0.2) is 4.98 Å². The topological polar surface area (TPSA) is 122 Å². The molecule has 3 rings (SSSR count). The molecule has 0 aliphatic carbocycles. The number of nitrogens with one attached hydrogen (secondary N) is 2. The Morgan fingerprint density at radius 1 is 1.32 bits per heavy atom. The Balaban J connectivity index is 1.48. The molecular weight excluding hydrogens is 362 g/mol. The molecule has 28 heavy (non-hydrogen) atoms. The van der Waals surface area contributed by atoms with Crippen molar-refractivity contribution in [1.82, 2.24) is 35.5 Å². The number of hydrogen-bond donors (Lipinski definition) is 2. The average Bonchev–Trinajstić information content (AvgIpc) is 3.42. The van der Waals surface area contributed by atoms with Crippen molar-refractivity contribution < 1.29 is 14.1 Å². The van der Waals surface area contributed by atoms with Gasteiger partial charge in [-0.05, 0) is 5.92 Å². The third-order valence-electron chi connectivity index (χ3n) is 5.28. The van der Waals surface area contributed by atoms with Gasteiger partial charge in [-0.15, -0.1) is 0 Å². The van der Waals surface area contributed by atoms with Gasteiger partial charge in [-0.2, -0.15) is 10.1 Å². The summed E-state index contributed by atoms with van der Waals surface area (Å²) in [4.78, 5) is 23.0. The minimum atomic E-state index is -0.0105. The summed E-state index contributed by atoms with van der Waals surface area (Å²) in [5.41, 5.74) is 0. The summed E-state index contributed by atoms with van der Waals surface area (Å²) in [5.74, 6) is 1.74. The zero-order valence-electron chi connectivity index (χ0n) is 16.6. The second-order valence-electron chi connectivity index (χ2n) is 6.94. The minimum Gasteiger partial charge on any atom is -0.379 e. The number of ether oxygens (including phenoxy) is 1. The van der Waals surface area contributed by atoms with Gasteiger partial charge in [0.15, 0.2) is 5.82 Å². The highest BCUT2D eigenvalue weighted by Crippen LogP contribution is 2.19. The van der Waals surface area contributed by atoms with Gasteiger partial charge in [0.05, 0.1) is 13.2 Å². The molecule has 2 N–H and O–H groups in total. The first-order chi connectivity index (χ1) is 13.7. The third kappa shape index (κ3) is 5.35. The number of carbonyl (C=O) groups excluding carboxylic acids is 1. The Morgan fingerprint density at radius 2 is 2.11 bits per heavy atom. The van der Waals surface area contributed by atoms with E-state index in [-0.39, 0.29) is 5.91 Å². The average molecular weight is 391 g/mol. The SMILES string of the molecule is CCC(CC)C(CNC(=O)CCc1nc(-c2ncn[nH]2)no1)N1CCOCC1. The van der Waals surface area contributed by atoms with E-state index in [4.69, 9.17) is 9.26 Å². The van der Waals surface area contributed by atoms with Crippen LogP contribution in [-0.4, -0.2) is 75.0 Å². The number of aryl methyl sites for hydroxylation is 1. The van der Waals surface area contributed by atoms with Crippen LogP contribution in [0.3, 0.4) is 0 Å². The molecule has 2 aromatic rings. The molecule has 0 saturated carbocycles. The highest BCUT2D eigenvalue weighted by Gasteiger charge is 2.27. The predicted octanol–water partition coefficient (Wildman–Crippen LogP) is 1.04. The van der Waals surface area contributed by atoms with Crippen molar-refractivity contribution in [2.45, 2.75) is 45.6 Å². The van der Waals surface area contributed by atoms with Crippen LogP contribution in [0.1, 0.15) is 39.0 Å². The second-order valence-corrected chi connectivity index (χ2v) is 6.94. The summed E-state index contributed by atoms with van der Waals surface area (Å²) in [6.07, 6.45) is 4.27. The lowest BCUT2D eigenvalue weighted by Crippen LogP contribution is -2.52. The molecule has 0 spiro atoms. The molecule has 1 saturated heterocycles. The summed E-state index contributed by atoms with van der Waals surface area (Å²) in [7, 11) is 0. The maximum absolute atomic E-state index is 12.4. The Labute approximate surface area is 164 Å². The second kappa shape index (κ2) is 10.3. The van der Waals surface area contributed by atoms with Gasteiger partial charge in [-0.1, -0.05) is 31.8 Å². The van der Waals surface area contributed by atoms with E-state index in [0.29, 0.717) is 48.9 Å². The molecule has 1 aliphatic heterocycles. The molecule has 1 fully saturated rings. The molecule has 1 aliphatic rings. The molecular formula is C18H29N7O3. The molecule has 0 aromatic carbocycles. The Morgan fingerprint density at radius 3 is 2.79 bits per heavy atom. The first-order valence-corrected chi connectivity index (χ1v) is 9.98. The molecule has 1 unspecified atom stereocenters. The van der Waals surface area contributed by atoms with Crippen molar-refractivity contribution in [3.63, 3.8) is 0 Å². The van der Waals surface area contributed by atoms with E-state index in [1.807, 2.05) is 0 Å². The first kappa shape index (κ1) is 20.4. The number of H-pyrrole nitrogens is 1. The van der Waals surface area contributed by atoms with Crippen molar-refractivity contribution in [3.8, 4) is 11.6 Å². The van der Waals surface area contributed by atoms with Crippen LogP contribution in [0.15, 0.2) is 10.9 Å². The van der Waals surface area contributed by atoms with Gasteiger partial charge >= 0.3 is 0 Å². The van der Waals surface area contributed by atoms with Crippen LogP contribution in [0.5, 0.6) is 0 Å². The number of aromatic amines is 1. The summed E-state index contributed by atoms with van der Waals surface area (Å²) < 4.78 is 10.7. The fraction of sp³-hybridized carbons (Fsp3) is 0.722. The Bertz CT molecular complexity index is 709. The monoisotopic (exact) mass is 391 g/mol. The molecule has 10 nitrogen and oxygen atoms in total. The van der Waals surface area contributed by atoms with Gasteiger partial charge in [0.25, 0.3) is 0 Å². The Kier molecular flexibility index (Phi) is 7.49. The summed E-state index contributed by atoms with van der Waals surface area (Å²) in [5, 5.41) is 13.4.